The summed E-state index contributed by atoms with van der Waals surface area (Å²) in [6.07, 6.45) is 0.551. The summed E-state index contributed by atoms with van der Waals surface area (Å²) in [5.74, 6) is -0.154. The van der Waals surface area contributed by atoms with Gasteiger partial charge in [0.1, 0.15) is 6.29 Å². The highest BCUT2D eigenvalue weighted by Crippen LogP contribution is 2.15. The molecule has 4 heteroatoms. The maximum atomic E-state index is 10.8. The van der Waals surface area contributed by atoms with Crippen molar-refractivity contribution >= 4 is 12.2 Å². The van der Waals surface area contributed by atoms with Gasteiger partial charge in [0.15, 0.2) is 0 Å². The van der Waals surface area contributed by atoms with Crippen LogP contribution in [0.2, 0.25) is 0 Å². The van der Waals surface area contributed by atoms with E-state index >= 15 is 0 Å². The molecule has 0 radical (unpaired) electrons. The molecular formula is C7H11NO3. The molecule has 1 saturated heterocycles. The second kappa shape index (κ2) is 3.00. The first-order valence-corrected chi connectivity index (χ1v) is 3.55. The summed E-state index contributed by atoms with van der Waals surface area (Å²) in [5, 5.41) is 9.10. The Kier molecular flexibility index (Phi) is 2.24. The quantitative estimate of drug-likeness (QED) is 0.505. The second-order valence-corrected chi connectivity index (χ2v) is 2.76. The van der Waals surface area contributed by atoms with Crippen molar-refractivity contribution in [3.05, 3.63) is 0 Å². The third-order valence-corrected chi connectivity index (χ3v) is 1.88. The van der Waals surface area contributed by atoms with E-state index in [1.807, 2.05) is 0 Å². The van der Waals surface area contributed by atoms with E-state index < -0.39 is 12.1 Å². The van der Waals surface area contributed by atoms with Crippen molar-refractivity contribution < 1.29 is 14.7 Å². The van der Waals surface area contributed by atoms with Gasteiger partial charge >= 0.3 is 0 Å². The summed E-state index contributed by atoms with van der Waals surface area (Å²) in [6, 6.07) is -0.414. The van der Waals surface area contributed by atoms with E-state index in [4.69, 9.17) is 5.11 Å². The molecule has 1 N–H and O–H groups in total. The minimum atomic E-state index is -0.533. The number of nitrogens with zero attached hydrogens (tertiary/aromatic N) is 1. The summed E-state index contributed by atoms with van der Waals surface area (Å²) in [5.41, 5.74) is 0. The Balaban J connectivity index is 2.64. The summed E-state index contributed by atoms with van der Waals surface area (Å²) >= 11 is 0. The van der Waals surface area contributed by atoms with Crippen molar-refractivity contribution in [2.24, 2.45) is 0 Å². The van der Waals surface area contributed by atoms with E-state index in [0.29, 0.717) is 19.3 Å². The number of rotatable bonds is 1. The highest BCUT2D eigenvalue weighted by Gasteiger charge is 2.31. The average molecular weight is 157 g/mol. The molecule has 0 spiro atoms. The molecule has 1 aliphatic rings. The van der Waals surface area contributed by atoms with Gasteiger partial charge in [-0.1, -0.05) is 0 Å². The van der Waals surface area contributed by atoms with Gasteiger partial charge in [-0.3, -0.25) is 4.79 Å². The number of amides is 1. The summed E-state index contributed by atoms with van der Waals surface area (Å²) < 4.78 is 0. The Bertz CT molecular complexity index is 181. The van der Waals surface area contributed by atoms with Crippen LogP contribution in [-0.2, 0) is 9.59 Å². The van der Waals surface area contributed by atoms with Gasteiger partial charge in [-0.05, 0) is 0 Å². The predicted molar refractivity (Wildman–Crippen MR) is 37.9 cm³/mol. The minimum absolute atomic E-state index is 0.154. The second-order valence-electron chi connectivity index (χ2n) is 2.76. The molecule has 1 amide bonds. The van der Waals surface area contributed by atoms with Crippen LogP contribution in [0.25, 0.3) is 0 Å². The fraction of sp³-hybridized carbons (Fsp3) is 0.714. The van der Waals surface area contributed by atoms with Gasteiger partial charge in [0.25, 0.3) is 0 Å². The first kappa shape index (κ1) is 8.20. The van der Waals surface area contributed by atoms with Gasteiger partial charge in [0, 0.05) is 19.9 Å². The number of β-amino-alcohol motifs (C(OH)–C–C–N with tert-alkyl or cyclic N) is 1. The molecule has 4 nitrogen and oxygen atoms in total. The molecule has 0 aliphatic carbocycles. The first-order valence-electron chi connectivity index (χ1n) is 3.55. The molecule has 1 aliphatic heterocycles. The normalized spacial score (nSPS) is 30.5. The van der Waals surface area contributed by atoms with Crippen LogP contribution in [0.15, 0.2) is 0 Å². The lowest BCUT2D eigenvalue weighted by Crippen LogP contribution is -2.34. The van der Waals surface area contributed by atoms with Crippen LogP contribution in [-0.4, -0.2) is 40.9 Å². The summed E-state index contributed by atoms with van der Waals surface area (Å²) in [7, 11) is 0. The maximum absolute atomic E-state index is 10.8. The van der Waals surface area contributed by atoms with Gasteiger partial charge in [0.2, 0.25) is 5.91 Å². The molecule has 0 aromatic carbocycles. The minimum Gasteiger partial charge on any atom is -0.391 e. The summed E-state index contributed by atoms with van der Waals surface area (Å²) in [4.78, 5) is 22.6. The number of aliphatic hydroxyl groups excluding tert-OH is 1. The van der Waals surface area contributed by atoms with Crippen molar-refractivity contribution in [3.63, 3.8) is 0 Å². The molecule has 62 valence electrons. The fourth-order valence-corrected chi connectivity index (χ4v) is 1.33. The number of aldehydes is 1. The van der Waals surface area contributed by atoms with Crippen molar-refractivity contribution in [2.45, 2.75) is 25.5 Å². The molecular weight excluding hydrogens is 146 g/mol. The van der Waals surface area contributed by atoms with E-state index in [9.17, 15) is 9.59 Å². The van der Waals surface area contributed by atoms with Gasteiger partial charge in [-0.25, -0.2) is 0 Å². The molecule has 2 atom stereocenters. The smallest absolute Gasteiger partial charge is 0.220 e. The van der Waals surface area contributed by atoms with E-state index in [1.165, 1.54) is 11.8 Å². The van der Waals surface area contributed by atoms with Crippen LogP contribution in [0, 0.1) is 0 Å². The zero-order chi connectivity index (χ0) is 8.43. The average Bonchev–Trinajstić information content (AvgIpc) is 2.30. The Morgan fingerprint density at radius 3 is 2.73 bits per heavy atom. The zero-order valence-electron chi connectivity index (χ0n) is 6.36. The molecule has 1 heterocycles. The number of carbonyl (C=O) groups excluding carboxylic acids is 2. The van der Waals surface area contributed by atoms with Crippen molar-refractivity contribution in [2.75, 3.05) is 6.54 Å². The number of likely N-dealkylation sites (tertiary alicyclic amines) is 1. The zero-order valence-corrected chi connectivity index (χ0v) is 6.36. The van der Waals surface area contributed by atoms with E-state index in [2.05, 4.69) is 0 Å². The SMILES string of the molecule is CC(=O)N1C[C@H](O)C[C@H]1C=O. The Hall–Kier alpha value is -0.900. The number of hydrogen-bond acceptors (Lipinski definition) is 3. The highest BCUT2D eigenvalue weighted by atomic mass is 16.3. The molecule has 0 unspecified atom stereocenters. The number of aliphatic hydroxyl groups is 1. The largest absolute Gasteiger partial charge is 0.391 e. The van der Waals surface area contributed by atoms with Gasteiger partial charge in [0.05, 0.1) is 12.1 Å². The molecule has 0 aromatic heterocycles. The van der Waals surface area contributed by atoms with Crippen molar-refractivity contribution in [1.29, 1.82) is 0 Å². The Labute approximate surface area is 64.8 Å². The fourth-order valence-electron chi connectivity index (χ4n) is 1.33. The van der Waals surface area contributed by atoms with E-state index in [-0.39, 0.29) is 5.91 Å². The third-order valence-electron chi connectivity index (χ3n) is 1.88. The van der Waals surface area contributed by atoms with Crippen LogP contribution < -0.4 is 0 Å². The Morgan fingerprint density at radius 2 is 2.36 bits per heavy atom. The maximum Gasteiger partial charge on any atom is 0.220 e. The van der Waals surface area contributed by atoms with Crippen LogP contribution in [0.3, 0.4) is 0 Å². The number of carbonyl (C=O) groups is 2. The van der Waals surface area contributed by atoms with Gasteiger partial charge < -0.3 is 14.8 Å². The van der Waals surface area contributed by atoms with E-state index in [0.717, 1.165) is 0 Å². The molecule has 0 bridgehead atoms. The Morgan fingerprint density at radius 1 is 1.73 bits per heavy atom. The lowest BCUT2D eigenvalue weighted by molar-refractivity contribution is -0.132. The van der Waals surface area contributed by atoms with Gasteiger partial charge in [-0.2, -0.15) is 0 Å². The molecule has 1 fully saturated rings. The monoisotopic (exact) mass is 157 g/mol. The number of hydrogen-bond donors (Lipinski definition) is 1. The van der Waals surface area contributed by atoms with Crippen molar-refractivity contribution in [1.82, 2.24) is 4.90 Å². The van der Waals surface area contributed by atoms with Crippen LogP contribution in [0.5, 0.6) is 0 Å². The molecule has 0 aromatic rings. The van der Waals surface area contributed by atoms with Crippen LogP contribution >= 0.6 is 0 Å². The highest BCUT2D eigenvalue weighted by molar-refractivity contribution is 5.78. The summed E-state index contributed by atoms with van der Waals surface area (Å²) in [6.45, 7) is 1.69. The standard InChI is InChI=1S/C7H11NO3/c1-5(10)8-3-7(11)2-6(8)4-9/h4,6-7,11H,2-3H2,1H3/t6-,7+/m0/s1. The van der Waals surface area contributed by atoms with E-state index in [1.54, 1.807) is 0 Å². The first-order chi connectivity index (χ1) is 5.15. The molecule has 11 heavy (non-hydrogen) atoms. The predicted octanol–water partition coefficient (Wildman–Crippen LogP) is -0.833. The topological polar surface area (TPSA) is 57.6 Å². The lowest BCUT2D eigenvalue weighted by atomic mass is 10.2. The van der Waals surface area contributed by atoms with Crippen molar-refractivity contribution in [3.8, 4) is 0 Å². The van der Waals surface area contributed by atoms with Gasteiger partial charge in [-0.15, -0.1) is 0 Å². The molecule has 0 saturated carbocycles. The van der Waals surface area contributed by atoms with Crippen LogP contribution in [0.1, 0.15) is 13.3 Å². The third kappa shape index (κ3) is 1.57. The van der Waals surface area contributed by atoms with Crippen LogP contribution in [0.4, 0.5) is 0 Å². The lowest BCUT2D eigenvalue weighted by Gasteiger charge is -2.16. The molecule has 1 rings (SSSR count).